The van der Waals surface area contributed by atoms with E-state index in [0.29, 0.717) is 12.3 Å². The maximum absolute atomic E-state index is 13.0. The van der Waals surface area contributed by atoms with Crippen LogP contribution in [0.3, 0.4) is 0 Å². The molecule has 2 aromatic carbocycles. The number of ether oxygens (including phenoxy) is 1. The van der Waals surface area contributed by atoms with Crippen LogP contribution in [0.5, 0.6) is 5.75 Å². The number of benzene rings is 2. The van der Waals surface area contributed by atoms with Crippen LogP contribution in [0.1, 0.15) is 50.8 Å². The number of amides is 2. The minimum Gasteiger partial charge on any atom is -0.484 e. The molecule has 1 N–H and O–H groups in total. The van der Waals surface area contributed by atoms with Crippen LogP contribution < -0.4 is 10.1 Å². The highest BCUT2D eigenvalue weighted by Crippen LogP contribution is 2.15. The average Bonchev–Trinajstić information content (AvgIpc) is 2.76. The first-order valence-electron chi connectivity index (χ1n) is 10.7. The highest BCUT2D eigenvalue weighted by molar-refractivity contribution is 5.88. The lowest BCUT2D eigenvalue weighted by molar-refractivity contribution is -0.142. The van der Waals surface area contributed by atoms with Gasteiger partial charge in [-0.3, -0.25) is 9.59 Å². The molecular weight excluding hydrogens is 376 g/mol. The molecule has 162 valence electrons. The van der Waals surface area contributed by atoms with Crippen molar-refractivity contribution in [3.8, 4) is 5.75 Å². The van der Waals surface area contributed by atoms with Crippen LogP contribution in [-0.4, -0.2) is 35.4 Å². The molecule has 0 saturated heterocycles. The monoisotopic (exact) mass is 410 g/mol. The van der Waals surface area contributed by atoms with E-state index in [1.165, 1.54) is 5.56 Å². The summed E-state index contributed by atoms with van der Waals surface area (Å²) in [5, 5.41) is 2.97. The fraction of sp³-hybridized carbons (Fsp3) is 0.440. The number of carbonyl (C=O) groups is 2. The summed E-state index contributed by atoms with van der Waals surface area (Å²) in [6.07, 6.45) is 1.79. The van der Waals surface area contributed by atoms with Crippen molar-refractivity contribution in [1.29, 1.82) is 0 Å². The maximum atomic E-state index is 13.0. The molecule has 2 rings (SSSR count). The zero-order valence-electron chi connectivity index (χ0n) is 18.8. The Morgan fingerprint density at radius 1 is 0.967 bits per heavy atom. The zero-order chi connectivity index (χ0) is 22.1. The summed E-state index contributed by atoms with van der Waals surface area (Å²) >= 11 is 0. The molecule has 0 saturated carbocycles. The number of hydrogen-bond donors (Lipinski definition) is 1. The van der Waals surface area contributed by atoms with Crippen LogP contribution >= 0.6 is 0 Å². The van der Waals surface area contributed by atoms with E-state index >= 15 is 0 Å². The molecule has 2 unspecified atom stereocenters. The van der Waals surface area contributed by atoms with Crippen molar-refractivity contribution in [1.82, 2.24) is 10.2 Å². The van der Waals surface area contributed by atoms with Crippen molar-refractivity contribution in [2.75, 3.05) is 6.61 Å². The summed E-state index contributed by atoms with van der Waals surface area (Å²) in [6.45, 7) is 10.1. The molecule has 0 aromatic heterocycles. The number of nitrogens with zero attached hydrogens (tertiary/aromatic N) is 1. The van der Waals surface area contributed by atoms with Gasteiger partial charge in [-0.05, 0) is 56.9 Å². The van der Waals surface area contributed by atoms with E-state index in [9.17, 15) is 9.59 Å². The van der Waals surface area contributed by atoms with E-state index in [2.05, 4.69) is 12.2 Å². The molecule has 30 heavy (non-hydrogen) atoms. The molecule has 0 aliphatic heterocycles. The van der Waals surface area contributed by atoms with E-state index in [4.69, 9.17) is 4.74 Å². The Balaban J connectivity index is 2.12. The van der Waals surface area contributed by atoms with Crippen LogP contribution in [-0.2, 0) is 22.6 Å². The summed E-state index contributed by atoms with van der Waals surface area (Å²) in [5.74, 6) is 0.270. The van der Waals surface area contributed by atoms with Gasteiger partial charge in [0.1, 0.15) is 11.8 Å². The van der Waals surface area contributed by atoms with Crippen molar-refractivity contribution in [2.45, 2.75) is 66.1 Å². The third-order valence-electron chi connectivity index (χ3n) is 5.34. The molecule has 5 nitrogen and oxygen atoms in total. The zero-order valence-corrected chi connectivity index (χ0v) is 18.8. The Morgan fingerprint density at radius 3 is 2.13 bits per heavy atom. The number of carbonyl (C=O) groups excluding carboxylic acids is 2. The molecule has 2 atom stereocenters. The van der Waals surface area contributed by atoms with Crippen LogP contribution in [0, 0.1) is 6.92 Å². The normalized spacial score (nSPS) is 12.7. The van der Waals surface area contributed by atoms with Crippen molar-refractivity contribution in [2.24, 2.45) is 0 Å². The molecular formula is C25H34N2O3. The van der Waals surface area contributed by atoms with Crippen molar-refractivity contribution in [3.63, 3.8) is 0 Å². The first-order chi connectivity index (χ1) is 14.3. The molecule has 0 spiro atoms. The van der Waals surface area contributed by atoms with Crippen molar-refractivity contribution >= 4 is 11.8 Å². The van der Waals surface area contributed by atoms with Gasteiger partial charge in [0.2, 0.25) is 5.91 Å². The van der Waals surface area contributed by atoms with Gasteiger partial charge in [-0.1, -0.05) is 55.8 Å². The first kappa shape index (κ1) is 23.5. The molecule has 5 heteroatoms. The number of rotatable bonds is 10. The van der Waals surface area contributed by atoms with E-state index < -0.39 is 6.04 Å². The third-order valence-corrected chi connectivity index (χ3v) is 5.34. The quantitative estimate of drug-likeness (QED) is 0.636. The second kappa shape index (κ2) is 11.4. The van der Waals surface area contributed by atoms with Gasteiger partial charge in [0.25, 0.3) is 5.91 Å². The van der Waals surface area contributed by atoms with E-state index in [-0.39, 0.29) is 24.5 Å². The summed E-state index contributed by atoms with van der Waals surface area (Å²) in [6, 6.07) is 15.2. The molecule has 0 radical (unpaired) electrons. The SMILES string of the molecule is CCc1ccc(OCC(=O)N(Cc2ccc(C)cc2)C(C)C(=O)NC(C)CC)cc1. The largest absolute Gasteiger partial charge is 0.484 e. The summed E-state index contributed by atoms with van der Waals surface area (Å²) < 4.78 is 5.71. The van der Waals surface area contributed by atoms with Gasteiger partial charge in [-0.2, -0.15) is 0 Å². The molecule has 0 heterocycles. The van der Waals surface area contributed by atoms with E-state index in [1.54, 1.807) is 11.8 Å². The second-order valence-corrected chi connectivity index (χ2v) is 7.79. The smallest absolute Gasteiger partial charge is 0.261 e. The first-order valence-corrected chi connectivity index (χ1v) is 10.7. The third kappa shape index (κ3) is 6.90. The minimum atomic E-state index is -0.598. The minimum absolute atomic E-state index is 0.0598. The van der Waals surface area contributed by atoms with Gasteiger partial charge < -0.3 is 15.0 Å². The van der Waals surface area contributed by atoms with Crippen LogP contribution in [0.15, 0.2) is 48.5 Å². The molecule has 2 aromatic rings. The van der Waals surface area contributed by atoms with Crippen LogP contribution in [0.25, 0.3) is 0 Å². The topological polar surface area (TPSA) is 58.6 Å². The van der Waals surface area contributed by atoms with E-state index in [1.807, 2.05) is 69.3 Å². The molecule has 0 aliphatic carbocycles. The maximum Gasteiger partial charge on any atom is 0.261 e. The van der Waals surface area contributed by atoms with Gasteiger partial charge >= 0.3 is 0 Å². The Kier molecular flexibility index (Phi) is 8.90. The molecule has 2 amide bonds. The van der Waals surface area contributed by atoms with Gasteiger partial charge in [0.05, 0.1) is 0 Å². The van der Waals surface area contributed by atoms with Gasteiger partial charge in [-0.25, -0.2) is 0 Å². The molecule has 0 fully saturated rings. The van der Waals surface area contributed by atoms with Crippen molar-refractivity contribution < 1.29 is 14.3 Å². The molecule has 0 aliphatic rings. The highest BCUT2D eigenvalue weighted by Gasteiger charge is 2.27. The highest BCUT2D eigenvalue weighted by atomic mass is 16.5. The second-order valence-electron chi connectivity index (χ2n) is 7.79. The predicted octanol–water partition coefficient (Wildman–Crippen LogP) is 4.27. The summed E-state index contributed by atoms with van der Waals surface area (Å²) in [4.78, 5) is 27.3. The Hall–Kier alpha value is -2.82. The van der Waals surface area contributed by atoms with Gasteiger partial charge in [0.15, 0.2) is 6.61 Å². The molecule has 0 bridgehead atoms. The van der Waals surface area contributed by atoms with Gasteiger partial charge in [0, 0.05) is 12.6 Å². The van der Waals surface area contributed by atoms with Crippen LogP contribution in [0.2, 0.25) is 0 Å². The standard InChI is InChI=1S/C25H34N2O3/c1-6-19(4)26-25(29)20(5)27(16-22-10-8-18(3)9-11-22)24(28)17-30-23-14-12-21(7-2)13-15-23/h8-15,19-20H,6-7,16-17H2,1-5H3,(H,26,29). The number of nitrogens with one attached hydrogen (secondary N) is 1. The Labute approximate surface area is 180 Å². The lowest BCUT2D eigenvalue weighted by atomic mass is 10.1. The van der Waals surface area contributed by atoms with E-state index in [0.717, 1.165) is 24.0 Å². The predicted molar refractivity (Wildman–Crippen MR) is 120 cm³/mol. The number of hydrogen-bond acceptors (Lipinski definition) is 3. The lowest BCUT2D eigenvalue weighted by Crippen LogP contribution is -2.50. The Morgan fingerprint density at radius 2 is 1.57 bits per heavy atom. The fourth-order valence-corrected chi connectivity index (χ4v) is 2.99. The fourth-order valence-electron chi connectivity index (χ4n) is 2.99. The van der Waals surface area contributed by atoms with Crippen molar-refractivity contribution in [3.05, 3.63) is 65.2 Å². The lowest BCUT2D eigenvalue weighted by Gasteiger charge is -2.29. The Bertz CT molecular complexity index is 815. The average molecular weight is 411 g/mol. The van der Waals surface area contributed by atoms with Crippen LogP contribution in [0.4, 0.5) is 0 Å². The van der Waals surface area contributed by atoms with Gasteiger partial charge in [-0.15, -0.1) is 0 Å². The number of aryl methyl sites for hydroxylation is 2. The summed E-state index contributed by atoms with van der Waals surface area (Å²) in [7, 11) is 0. The summed E-state index contributed by atoms with van der Waals surface area (Å²) in [5.41, 5.74) is 3.34.